The number of allylic oxidation sites excluding steroid dienone is 2. The van der Waals surface area contributed by atoms with Crippen LogP contribution in [0.4, 0.5) is 0 Å². The second-order valence-electron chi connectivity index (χ2n) is 6.65. The van der Waals surface area contributed by atoms with Crippen molar-refractivity contribution in [3.05, 3.63) is 24.8 Å². The van der Waals surface area contributed by atoms with Gasteiger partial charge in [-0.25, -0.2) is 0 Å². The van der Waals surface area contributed by atoms with Gasteiger partial charge in [-0.1, -0.05) is 39.0 Å². The summed E-state index contributed by atoms with van der Waals surface area (Å²) in [6.45, 7) is 15.2. The Bertz CT molecular complexity index is 253. The summed E-state index contributed by atoms with van der Waals surface area (Å²) in [5, 5.41) is 0. The van der Waals surface area contributed by atoms with Gasteiger partial charge in [0.2, 0.25) is 0 Å². The lowest BCUT2D eigenvalue weighted by Crippen LogP contribution is -2.22. The van der Waals surface area contributed by atoms with E-state index >= 15 is 0 Å². The Morgan fingerprint density at radius 2 is 2.00 bits per heavy atom. The average Bonchev–Trinajstić information content (AvgIpc) is 2.22. The van der Waals surface area contributed by atoms with Gasteiger partial charge in [0.25, 0.3) is 0 Å². The molecular formula is C17H30. The topological polar surface area (TPSA) is 0 Å². The van der Waals surface area contributed by atoms with Crippen LogP contribution in [0.5, 0.6) is 0 Å². The van der Waals surface area contributed by atoms with Crippen molar-refractivity contribution in [1.29, 1.82) is 0 Å². The Morgan fingerprint density at radius 3 is 2.53 bits per heavy atom. The molecule has 0 aliphatic heterocycles. The van der Waals surface area contributed by atoms with Crippen LogP contribution in [0, 0.1) is 17.3 Å². The lowest BCUT2D eigenvalue weighted by Gasteiger charge is -2.34. The molecule has 0 atom stereocenters. The lowest BCUT2D eigenvalue weighted by molar-refractivity contribution is 0.196. The predicted octanol–water partition coefficient (Wildman–Crippen LogP) is 5.75. The molecule has 0 amide bonds. The van der Waals surface area contributed by atoms with Crippen molar-refractivity contribution in [2.24, 2.45) is 17.3 Å². The van der Waals surface area contributed by atoms with Crippen LogP contribution in [0.1, 0.15) is 65.7 Å². The summed E-state index contributed by atoms with van der Waals surface area (Å²) in [6.07, 6.45) is 11.2. The van der Waals surface area contributed by atoms with Gasteiger partial charge in [-0.2, -0.15) is 0 Å². The molecule has 0 heterocycles. The Labute approximate surface area is 108 Å². The molecule has 0 unspecified atom stereocenters. The van der Waals surface area contributed by atoms with Gasteiger partial charge in [0.15, 0.2) is 0 Å². The second kappa shape index (κ2) is 6.42. The van der Waals surface area contributed by atoms with Gasteiger partial charge in [-0.3, -0.25) is 0 Å². The van der Waals surface area contributed by atoms with E-state index in [0.717, 1.165) is 18.3 Å². The van der Waals surface area contributed by atoms with E-state index in [0.29, 0.717) is 5.41 Å². The van der Waals surface area contributed by atoms with E-state index in [9.17, 15) is 0 Å². The second-order valence-corrected chi connectivity index (χ2v) is 6.65. The summed E-state index contributed by atoms with van der Waals surface area (Å²) >= 11 is 0. The Morgan fingerprint density at radius 1 is 1.35 bits per heavy atom. The summed E-state index contributed by atoms with van der Waals surface area (Å²) < 4.78 is 0. The molecule has 0 N–H and O–H groups in total. The monoisotopic (exact) mass is 234 g/mol. The van der Waals surface area contributed by atoms with E-state index in [1.165, 1.54) is 44.1 Å². The highest BCUT2D eigenvalue weighted by atomic mass is 14.3. The summed E-state index contributed by atoms with van der Waals surface area (Å²) in [5.41, 5.74) is 1.78. The number of unbranched alkanes of at least 4 members (excludes halogenated alkanes) is 1. The van der Waals surface area contributed by atoms with Crippen LogP contribution in [0.2, 0.25) is 0 Å². The summed E-state index contributed by atoms with van der Waals surface area (Å²) in [5.74, 6) is 1.97. The first-order valence-electron chi connectivity index (χ1n) is 7.25. The molecule has 0 radical (unpaired) electrons. The smallest absolute Gasteiger partial charge is 0.0147 e. The van der Waals surface area contributed by atoms with E-state index in [1.807, 2.05) is 6.08 Å². The first kappa shape index (κ1) is 14.5. The molecule has 1 saturated carbocycles. The number of rotatable bonds is 8. The first-order chi connectivity index (χ1) is 7.95. The van der Waals surface area contributed by atoms with Gasteiger partial charge < -0.3 is 0 Å². The largest absolute Gasteiger partial charge is 0.103 e. The maximum absolute atomic E-state index is 4.33. The maximum Gasteiger partial charge on any atom is -0.0147 e. The van der Waals surface area contributed by atoms with E-state index in [1.54, 1.807) is 0 Å². The number of hydrogen-bond acceptors (Lipinski definition) is 0. The third-order valence-electron chi connectivity index (χ3n) is 4.49. The van der Waals surface area contributed by atoms with Crippen molar-refractivity contribution in [2.45, 2.75) is 65.7 Å². The molecule has 0 aromatic heterocycles. The Balaban J connectivity index is 2.22. The fraction of sp³-hybridized carbons (Fsp3) is 0.765. The highest BCUT2D eigenvalue weighted by Crippen LogP contribution is 2.40. The molecule has 1 aliphatic carbocycles. The lowest BCUT2D eigenvalue weighted by atomic mass is 9.71. The molecule has 1 aliphatic rings. The molecule has 0 aromatic carbocycles. The summed E-state index contributed by atoms with van der Waals surface area (Å²) in [4.78, 5) is 0. The van der Waals surface area contributed by atoms with E-state index < -0.39 is 0 Å². The minimum Gasteiger partial charge on any atom is -0.103 e. The van der Waals surface area contributed by atoms with Crippen molar-refractivity contribution >= 4 is 0 Å². The van der Waals surface area contributed by atoms with Crippen LogP contribution in [0.3, 0.4) is 0 Å². The van der Waals surface area contributed by atoms with Gasteiger partial charge >= 0.3 is 0 Å². The van der Waals surface area contributed by atoms with E-state index in [2.05, 4.69) is 33.9 Å². The SMILES string of the molecule is C=CCCCC(C)(C)C(=C)CCC1CC(C)C1. The quantitative estimate of drug-likeness (QED) is 0.370. The minimum atomic E-state index is 0.318. The standard InChI is InChI=1S/C17H30/c1-6-7-8-11-17(4,5)15(3)9-10-16-12-14(2)13-16/h6,14,16H,1,3,7-13H2,2,4-5H3. The van der Waals surface area contributed by atoms with Crippen molar-refractivity contribution in [1.82, 2.24) is 0 Å². The molecule has 0 spiro atoms. The molecular weight excluding hydrogens is 204 g/mol. The van der Waals surface area contributed by atoms with Gasteiger partial charge in [0.1, 0.15) is 0 Å². The molecule has 0 saturated heterocycles. The van der Waals surface area contributed by atoms with Crippen molar-refractivity contribution in [3.8, 4) is 0 Å². The Kier molecular flexibility index (Phi) is 5.49. The van der Waals surface area contributed by atoms with Crippen LogP contribution in [0.25, 0.3) is 0 Å². The minimum absolute atomic E-state index is 0.318. The van der Waals surface area contributed by atoms with Crippen molar-refractivity contribution in [3.63, 3.8) is 0 Å². The molecule has 0 nitrogen and oxygen atoms in total. The van der Waals surface area contributed by atoms with Crippen LogP contribution in [0.15, 0.2) is 24.8 Å². The third kappa shape index (κ3) is 4.69. The average molecular weight is 234 g/mol. The summed E-state index contributed by atoms with van der Waals surface area (Å²) in [6, 6.07) is 0. The fourth-order valence-electron chi connectivity index (χ4n) is 2.89. The van der Waals surface area contributed by atoms with Gasteiger partial charge in [-0.05, 0) is 62.2 Å². The molecule has 0 aromatic rings. The highest BCUT2D eigenvalue weighted by Gasteiger charge is 2.27. The molecule has 0 bridgehead atoms. The van der Waals surface area contributed by atoms with Crippen LogP contribution in [-0.2, 0) is 0 Å². The highest BCUT2D eigenvalue weighted by molar-refractivity contribution is 5.07. The maximum atomic E-state index is 4.33. The molecule has 98 valence electrons. The van der Waals surface area contributed by atoms with Crippen LogP contribution < -0.4 is 0 Å². The third-order valence-corrected chi connectivity index (χ3v) is 4.49. The van der Waals surface area contributed by atoms with E-state index in [-0.39, 0.29) is 0 Å². The zero-order valence-electron chi connectivity index (χ0n) is 12.1. The normalized spacial score (nSPS) is 24.2. The van der Waals surface area contributed by atoms with E-state index in [4.69, 9.17) is 0 Å². The molecule has 0 heteroatoms. The summed E-state index contributed by atoms with van der Waals surface area (Å²) in [7, 11) is 0. The van der Waals surface area contributed by atoms with Crippen molar-refractivity contribution < 1.29 is 0 Å². The zero-order chi connectivity index (χ0) is 12.9. The first-order valence-corrected chi connectivity index (χ1v) is 7.25. The fourth-order valence-corrected chi connectivity index (χ4v) is 2.89. The molecule has 1 fully saturated rings. The van der Waals surface area contributed by atoms with Gasteiger partial charge in [-0.15, -0.1) is 6.58 Å². The molecule has 1 rings (SSSR count). The van der Waals surface area contributed by atoms with Crippen LogP contribution >= 0.6 is 0 Å². The van der Waals surface area contributed by atoms with Gasteiger partial charge in [0, 0.05) is 0 Å². The van der Waals surface area contributed by atoms with Gasteiger partial charge in [0.05, 0.1) is 0 Å². The van der Waals surface area contributed by atoms with Crippen LogP contribution in [-0.4, -0.2) is 0 Å². The molecule has 17 heavy (non-hydrogen) atoms. The Hall–Kier alpha value is -0.520. The number of hydrogen-bond donors (Lipinski definition) is 0. The van der Waals surface area contributed by atoms with Crippen molar-refractivity contribution in [2.75, 3.05) is 0 Å². The zero-order valence-corrected chi connectivity index (χ0v) is 12.1. The predicted molar refractivity (Wildman–Crippen MR) is 78.1 cm³/mol.